The van der Waals surface area contributed by atoms with Gasteiger partial charge in [0, 0.05) is 31.0 Å². The zero-order chi connectivity index (χ0) is 41.1. The van der Waals surface area contributed by atoms with Gasteiger partial charge in [-0.1, -0.05) is 36.4 Å². The highest BCUT2D eigenvalue weighted by Crippen LogP contribution is 2.55. The van der Waals surface area contributed by atoms with Gasteiger partial charge in [-0.2, -0.15) is 18.2 Å². The second kappa shape index (κ2) is 16.9. The third kappa shape index (κ3) is 9.64. The monoisotopic (exact) mass is 803 g/mol. The summed E-state index contributed by atoms with van der Waals surface area (Å²) in [5.74, 6) is -3.43. The number of alkyl halides is 3. The molecule has 1 aliphatic carbocycles. The zero-order valence-corrected chi connectivity index (χ0v) is 31.4. The van der Waals surface area contributed by atoms with E-state index in [1.165, 1.54) is 11.1 Å². The van der Waals surface area contributed by atoms with Gasteiger partial charge < -0.3 is 39.4 Å². The third-order valence-corrected chi connectivity index (χ3v) is 9.97. The molecule has 2 aromatic rings. The first-order valence-corrected chi connectivity index (χ1v) is 18.3. The largest absolute Gasteiger partial charge is 0.460 e. The molecule has 3 saturated heterocycles. The average Bonchev–Trinajstić information content (AvgIpc) is 3.78. The molecule has 7 atom stereocenters. The number of esters is 3. The smallest absolute Gasteiger partial charge is 0.422 e. The summed E-state index contributed by atoms with van der Waals surface area (Å²) in [5.41, 5.74) is -0.482. The van der Waals surface area contributed by atoms with Crippen LogP contribution in [0.4, 0.5) is 13.2 Å². The van der Waals surface area contributed by atoms with E-state index >= 15 is 0 Å². The van der Waals surface area contributed by atoms with E-state index in [4.69, 9.17) is 23.8 Å². The summed E-state index contributed by atoms with van der Waals surface area (Å²) in [7, 11) is 0. The number of hydrogen-bond acceptors (Lipinski definition) is 13. The number of nitrogens with one attached hydrogen (secondary N) is 2. The van der Waals surface area contributed by atoms with E-state index in [1.807, 2.05) is 0 Å². The van der Waals surface area contributed by atoms with E-state index < -0.39 is 96.6 Å². The summed E-state index contributed by atoms with van der Waals surface area (Å²) in [4.78, 5) is 72.0. The Morgan fingerprint density at radius 1 is 1.07 bits per heavy atom. The van der Waals surface area contributed by atoms with Crippen molar-refractivity contribution in [3.63, 3.8) is 0 Å². The highest BCUT2D eigenvalue weighted by Gasteiger charge is 2.74. The molecule has 3 N–H and O–H groups in total. The van der Waals surface area contributed by atoms with Crippen LogP contribution in [0, 0.1) is 5.41 Å². The Balaban J connectivity index is 1.17. The van der Waals surface area contributed by atoms with Crippen molar-refractivity contribution < 1.29 is 70.8 Å². The van der Waals surface area contributed by atoms with Crippen LogP contribution in [0.25, 0.3) is 6.08 Å². The first-order valence-electron chi connectivity index (χ1n) is 18.3. The maximum atomic E-state index is 14.5. The van der Waals surface area contributed by atoms with Crippen molar-refractivity contribution in [1.82, 2.24) is 15.7 Å². The van der Waals surface area contributed by atoms with Crippen LogP contribution < -0.4 is 10.6 Å². The van der Waals surface area contributed by atoms with E-state index in [0.29, 0.717) is 16.7 Å². The lowest BCUT2D eigenvalue weighted by Gasteiger charge is -2.48. The van der Waals surface area contributed by atoms with Gasteiger partial charge in [-0.05, 0) is 62.1 Å². The van der Waals surface area contributed by atoms with Crippen LogP contribution in [0.5, 0.6) is 0 Å². The number of hydroxylamine groups is 2. The fourth-order valence-electron chi connectivity index (χ4n) is 7.53. The number of halogens is 3. The fraction of sp³-hybridized carbons (Fsp3) is 0.513. The minimum atomic E-state index is -4.69. The fourth-order valence-corrected chi connectivity index (χ4v) is 7.53. The van der Waals surface area contributed by atoms with Gasteiger partial charge in [0.05, 0.1) is 19.2 Å². The summed E-state index contributed by atoms with van der Waals surface area (Å²) >= 11 is 0. The van der Waals surface area contributed by atoms with Crippen molar-refractivity contribution in [3.8, 4) is 0 Å². The predicted molar refractivity (Wildman–Crippen MR) is 190 cm³/mol. The number of fused-ring (bicyclic) bond motifs is 4. The van der Waals surface area contributed by atoms with Gasteiger partial charge in [0.1, 0.15) is 42.2 Å². The zero-order valence-electron chi connectivity index (χ0n) is 31.4. The molecule has 0 spiro atoms. The van der Waals surface area contributed by atoms with Gasteiger partial charge in [0.15, 0.2) is 12.6 Å². The number of nitrogens with zero attached hydrogens (tertiary/aromatic N) is 1. The van der Waals surface area contributed by atoms with Crippen LogP contribution >= 0.6 is 0 Å². The van der Waals surface area contributed by atoms with E-state index in [-0.39, 0.29) is 44.7 Å². The first kappa shape index (κ1) is 41.7. The molecule has 2 aromatic carbocycles. The lowest BCUT2D eigenvalue weighted by Crippen LogP contribution is -2.69. The number of hydrogen-bond donors (Lipinski definition) is 3. The number of aliphatic hydroxyl groups excluding tert-OH is 1. The maximum Gasteiger partial charge on any atom is 0.422 e. The van der Waals surface area contributed by atoms with Gasteiger partial charge >= 0.3 is 24.1 Å². The number of ether oxygens (including phenoxy) is 5. The van der Waals surface area contributed by atoms with Crippen molar-refractivity contribution in [3.05, 3.63) is 76.9 Å². The average molecular weight is 804 g/mol. The predicted octanol–water partition coefficient (Wildman–Crippen LogP) is 2.88. The number of carbonyl (C=O) groups excluding carboxylic acids is 5. The molecule has 2 bridgehead atoms. The Morgan fingerprint density at radius 3 is 2.56 bits per heavy atom. The molecule has 3 aliphatic heterocycles. The number of amides is 2. The third-order valence-electron chi connectivity index (χ3n) is 9.97. The summed E-state index contributed by atoms with van der Waals surface area (Å²) in [6.45, 7) is 2.81. The lowest BCUT2D eigenvalue weighted by atomic mass is 9.62. The molecule has 3 heterocycles. The molecular formula is C39H44F3N3O12. The Bertz CT molecular complexity index is 1880. The molecule has 2 amide bonds. The molecule has 7 unspecified atom stereocenters. The van der Waals surface area contributed by atoms with Crippen LogP contribution in [-0.2, 0) is 60.8 Å². The highest BCUT2D eigenvalue weighted by molar-refractivity contribution is 5.95. The van der Waals surface area contributed by atoms with E-state index in [1.54, 1.807) is 69.3 Å². The quantitative estimate of drug-likeness (QED) is 0.144. The Kier molecular flexibility index (Phi) is 12.4. The Hall–Kier alpha value is -4.88. The summed E-state index contributed by atoms with van der Waals surface area (Å²) in [6.07, 6.45) is -5.65. The molecule has 15 nitrogen and oxygen atoms in total. The van der Waals surface area contributed by atoms with Gasteiger partial charge in [-0.3, -0.25) is 24.0 Å². The van der Waals surface area contributed by atoms with E-state index in [9.17, 15) is 42.3 Å². The van der Waals surface area contributed by atoms with Gasteiger partial charge in [0.25, 0.3) is 5.91 Å². The van der Waals surface area contributed by atoms with Crippen molar-refractivity contribution in [2.24, 2.45) is 5.41 Å². The number of carbonyl (C=O) groups is 5. The summed E-state index contributed by atoms with van der Waals surface area (Å²) < 4.78 is 64.6. The molecule has 18 heteroatoms. The topological polar surface area (TPSA) is 188 Å². The molecular weight excluding hydrogens is 759 g/mol. The number of aliphatic hydroxyl groups is 1. The van der Waals surface area contributed by atoms with Crippen molar-refractivity contribution in [2.45, 2.75) is 101 Å². The second-order valence-electron chi connectivity index (χ2n) is 15.2. The highest BCUT2D eigenvalue weighted by atomic mass is 19.4. The van der Waals surface area contributed by atoms with Crippen molar-refractivity contribution >= 4 is 35.8 Å². The summed E-state index contributed by atoms with van der Waals surface area (Å²) in [5, 5.41) is 16.8. The first-order chi connectivity index (χ1) is 27.0. The van der Waals surface area contributed by atoms with Crippen LogP contribution in [-0.4, -0.2) is 108 Å². The summed E-state index contributed by atoms with van der Waals surface area (Å²) in [6, 6.07) is 11.1. The van der Waals surface area contributed by atoms with Gasteiger partial charge in [-0.15, -0.1) is 0 Å². The molecule has 0 radical (unpaired) electrons. The molecule has 4 fully saturated rings. The van der Waals surface area contributed by atoms with E-state index in [2.05, 4.69) is 15.4 Å². The normalized spacial score (nSPS) is 26.0. The molecule has 4 aliphatic rings. The molecule has 1 saturated carbocycles. The SMILES string of the molecule is CC(C)(C)OC(=O)CCC(CO)NC(=O)c1cccc(CNC(=O)C23CC4OC(=O)C2N(Cc2ccccc2C=CC(=O)OCC(F)(F)F)OC3C2OCOC42)c1. The van der Waals surface area contributed by atoms with Crippen LogP contribution in [0.2, 0.25) is 0 Å². The Morgan fingerprint density at radius 2 is 1.82 bits per heavy atom. The molecule has 0 aromatic heterocycles. The number of benzene rings is 2. The Labute approximate surface area is 325 Å². The lowest BCUT2D eigenvalue weighted by molar-refractivity contribution is -0.201. The van der Waals surface area contributed by atoms with Crippen LogP contribution in [0.3, 0.4) is 0 Å². The van der Waals surface area contributed by atoms with Gasteiger partial charge in [0.2, 0.25) is 5.91 Å². The molecule has 6 rings (SSSR count). The number of rotatable bonds is 14. The molecule has 308 valence electrons. The van der Waals surface area contributed by atoms with Gasteiger partial charge in [-0.25, -0.2) is 4.79 Å². The molecule has 57 heavy (non-hydrogen) atoms. The standard InChI is InChI=1S/C39H44F3N3O12/c1-37(2,3)56-29(48)14-12-26(19-46)44-34(49)24-10-6-7-22(15-24)17-43-36(51)38-16-27-30-31(54-21-53-30)33(38)57-45(32(38)35(50)55-27)18-25-9-5-4-8-23(25)11-13-28(47)52-20-39(40,41)42/h4-11,13,15,26-27,30-33,46H,12,14,16-21H2,1-3H3,(H,43,51)(H,44,49). The maximum absolute atomic E-state index is 14.5. The van der Waals surface area contributed by atoms with E-state index in [0.717, 1.165) is 6.08 Å². The van der Waals surface area contributed by atoms with Crippen LogP contribution in [0.1, 0.15) is 67.1 Å². The second-order valence-corrected chi connectivity index (χ2v) is 15.2. The van der Waals surface area contributed by atoms with Crippen LogP contribution in [0.15, 0.2) is 54.6 Å². The minimum absolute atomic E-state index is 0.0127. The minimum Gasteiger partial charge on any atom is -0.460 e. The van der Waals surface area contributed by atoms with Crippen molar-refractivity contribution in [2.75, 3.05) is 20.0 Å². The van der Waals surface area contributed by atoms with Crippen molar-refractivity contribution in [1.29, 1.82) is 0 Å².